The first-order valence-electron chi connectivity index (χ1n) is 7.80. The van der Waals surface area contributed by atoms with Crippen LogP contribution in [0, 0.1) is 0 Å². The number of nitrogens with zero attached hydrogens (tertiary/aromatic N) is 1. The summed E-state index contributed by atoms with van der Waals surface area (Å²) in [6.45, 7) is 1.68. The van der Waals surface area contributed by atoms with Crippen LogP contribution in [-0.4, -0.2) is 67.4 Å². The zero-order valence-corrected chi connectivity index (χ0v) is 18.7. The van der Waals surface area contributed by atoms with Crippen molar-refractivity contribution in [1.82, 2.24) is 10.6 Å². The largest absolute Gasteiger partial charge is 0.493 e. The Hall–Kier alpha value is -1.27. The van der Waals surface area contributed by atoms with Crippen LogP contribution >= 0.6 is 24.0 Å². The van der Waals surface area contributed by atoms with Crippen molar-refractivity contribution in [3.05, 3.63) is 23.8 Å². The lowest BCUT2D eigenvalue weighted by atomic mass is 10.2. The van der Waals surface area contributed by atoms with E-state index in [1.54, 1.807) is 21.3 Å². The van der Waals surface area contributed by atoms with Gasteiger partial charge in [-0.1, -0.05) is 6.07 Å². The van der Waals surface area contributed by atoms with Crippen LogP contribution in [0.1, 0.15) is 5.56 Å². The molecule has 0 aliphatic carbocycles. The van der Waals surface area contributed by atoms with E-state index in [0.717, 1.165) is 5.56 Å². The molecule has 26 heavy (non-hydrogen) atoms. The third-order valence-corrected chi connectivity index (χ3v) is 4.18. The molecule has 1 aromatic carbocycles. The van der Waals surface area contributed by atoms with Gasteiger partial charge in [-0.3, -0.25) is 4.99 Å². The summed E-state index contributed by atoms with van der Waals surface area (Å²) in [6, 6.07) is 5.69. The predicted molar refractivity (Wildman–Crippen MR) is 114 cm³/mol. The average molecular weight is 501 g/mol. The second-order valence-corrected chi connectivity index (χ2v) is 7.54. The fourth-order valence-electron chi connectivity index (χ4n) is 1.95. The van der Waals surface area contributed by atoms with Crippen LogP contribution in [0.4, 0.5) is 0 Å². The number of benzene rings is 1. The Bertz CT molecular complexity index is 668. The number of sulfone groups is 1. The van der Waals surface area contributed by atoms with Crippen molar-refractivity contribution in [3.63, 3.8) is 0 Å². The van der Waals surface area contributed by atoms with Gasteiger partial charge in [0.25, 0.3) is 0 Å². The van der Waals surface area contributed by atoms with E-state index in [1.165, 1.54) is 6.26 Å². The first kappa shape index (κ1) is 24.7. The fraction of sp³-hybridized carbons (Fsp3) is 0.562. The van der Waals surface area contributed by atoms with Crippen LogP contribution in [0.5, 0.6) is 11.5 Å². The van der Waals surface area contributed by atoms with E-state index in [-0.39, 0.29) is 36.3 Å². The summed E-state index contributed by atoms with van der Waals surface area (Å²) in [5.74, 6) is 2.00. The van der Waals surface area contributed by atoms with Crippen molar-refractivity contribution >= 4 is 39.8 Å². The molecule has 0 radical (unpaired) electrons. The van der Waals surface area contributed by atoms with Crippen LogP contribution in [0.25, 0.3) is 0 Å². The topological polar surface area (TPSA) is 98.3 Å². The summed E-state index contributed by atoms with van der Waals surface area (Å²) in [5.41, 5.74) is 1.02. The van der Waals surface area contributed by atoms with Crippen molar-refractivity contribution in [3.8, 4) is 11.5 Å². The Morgan fingerprint density at radius 2 is 1.81 bits per heavy atom. The molecule has 1 aromatic rings. The number of rotatable bonds is 10. The number of hydrogen-bond donors (Lipinski definition) is 2. The van der Waals surface area contributed by atoms with Crippen molar-refractivity contribution in [2.75, 3.05) is 53.0 Å². The summed E-state index contributed by atoms with van der Waals surface area (Å²) in [7, 11) is 1.89. The van der Waals surface area contributed by atoms with Crippen LogP contribution in [0.3, 0.4) is 0 Å². The maximum absolute atomic E-state index is 11.0. The first-order valence-corrected chi connectivity index (χ1v) is 9.86. The van der Waals surface area contributed by atoms with E-state index < -0.39 is 9.84 Å². The van der Waals surface area contributed by atoms with Crippen LogP contribution in [-0.2, 0) is 21.1 Å². The summed E-state index contributed by atoms with van der Waals surface area (Å²) in [5, 5.41) is 6.28. The molecular weight excluding hydrogens is 473 g/mol. The minimum absolute atomic E-state index is 0. The Morgan fingerprint density at radius 1 is 1.12 bits per heavy atom. The van der Waals surface area contributed by atoms with E-state index in [2.05, 4.69) is 15.6 Å². The maximum Gasteiger partial charge on any atom is 0.191 e. The molecule has 0 aliphatic heterocycles. The molecule has 0 aliphatic rings. The number of guanidine groups is 1. The maximum atomic E-state index is 11.0. The van der Waals surface area contributed by atoms with Gasteiger partial charge in [0.2, 0.25) is 0 Å². The van der Waals surface area contributed by atoms with Gasteiger partial charge < -0.3 is 24.8 Å². The normalized spacial score (nSPS) is 11.5. The molecular formula is C16H28IN3O5S. The van der Waals surface area contributed by atoms with E-state index >= 15 is 0 Å². The Kier molecular flexibility index (Phi) is 12.3. The molecule has 0 saturated heterocycles. The van der Waals surface area contributed by atoms with E-state index in [4.69, 9.17) is 14.2 Å². The number of ether oxygens (including phenoxy) is 3. The van der Waals surface area contributed by atoms with Crippen molar-refractivity contribution in [2.45, 2.75) is 6.54 Å². The van der Waals surface area contributed by atoms with Gasteiger partial charge in [-0.25, -0.2) is 8.42 Å². The smallest absolute Gasteiger partial charge is 0.191 e. The molecule has 0 spiro atoms. The molecule has 0 aromatic heterocycles. The Morgan fingerprint density at radius 3 is 2.38 bits per heavy atom. The molecule has 10 heteroatoms. The van der Waals surface area contributed by atoms with Crippen LogP contribution < -0.4 is 20.1 Å². The van der Waals surface area contributed by atoms with Crippen molar-refractivity contribution in [1.29, 1.82) is 0 Å². The molecule has 0 unspecified atom stereocenters. The van der Waals surface area contributed by atoms with Gasteiger partial charge in [0.15, 0.2) is 17.5 Å². The quantitative estimate of drug-likeness (QED) is 0.214. The monoisotopic (exact) mass is 501 g/mol. The molecule has 0 heterocycles. The number of halogens is 1. The minimum atomic E-state index is -2.98. The lowest BCUT2D eigenvalue weighted by molar-refractivity contribution is 0.154. The molecule has 0 fully saturated rings. The van der Waals surface area contributed by atoms with E-state index in [0.29, 0.717) is 37.2 Å². The third-order valence-electron chi connectivity index (χ3n) is 3.27. The molecule has 2 N–H and O–H groups in total. The Labute approximate surface area is 172 Å². The van der Waals surface area contributed by atoms with Crippen LogP contribution in [0.15, 0.2) is 23.2 Å². The van der Waals surface area contributed by atoms with E-state index in [9.17, 15) is 8.42 Å². The predicted octanol–water partition coefficient (Wildman–Crippen LogP) is 1.05. The van der Waals surface area contributed by atoms with Crippen molar-refractivity contribution in [2.24, 2.45) is 4.99 Å². The Balaban J connectivity index is 0.00000625. The molecule has 0 saturated carbocycles. The second-order valence-electron chi connectivity index (χ2n) is 5.28. The van der Waals surface area contributed by atoms with Gasteiger partial charge in [-0.2, -0.15) is 0 Å². The molecule has 150 valence electrons. The molecule has 0 bridgehead atoms. The van der Waals surface area contributed by atoms with Gasteiger partial charge in [-0.05, 0) is 17.7 Å². The fourth-order valence-corrected chi connectivity index (χ4v) is 2.37. The molecule has 0 atom stereocenters. The highest BCUT2D eigenvalue weighted by molar-refractivity contribution is 14.0. The first-order chi connectivity index (χ1) is 11.9. The summed E-state index contributed by atoms with van der Waals surface area (Å²) in [4.78, 5) is 4.12. The van der Waals surface area contributed by atoms with Gasteiger partial charge in [0.1, 0.15) is 9.84 Å². The average Bonchev–Trinajstić information content (AvgIpc) is 2.59. The standard InChI is InChI=1S/C16H27N3O5S.HI/c1-17-16(18-7-8-24-9-10-25(4,20)21)19-12-13-5-6-14(22-2)15(11-13)23-3;/h5-6,11H,7-10,12H2,1-4H3,(H2,17,18,19);1H. The molecule has 1 rings (SSSR count). The number of aliphatic imine (C=N–C) groups is 1. The highest BCUT2D eigenvalue weighted by atomic mass is 127. The molecule has 8 nitrogen and oxygen atoms in total. The summed E-state index contributed by atoms with van der Waals surface area (Å²) in [6.07, 6.45) is 1.19. The number of hydrogen-bond acceptors (Lipinski definition) is 6. The van der Waals surface area contributed by atoms with Crippen LogP contribution in [0.2, 0.25) is 0 Å². The third kappa shape index (κ3) is 10.0. The minimum Gasteiger partial charge on any atom is -0.493 e. The number of nitrogens with one attached hydrogen (secondary N) is 2. The van der Waals surface area contributed by atoms with Crippen molar-refractivity contribution < 1.29 is 22.6 Å². The summed E-state index contributed by atoms with van der Waals surface area (Å²) < 4.78 is 37.7. The molecule has 0 amide bonds. The highest BCUT2D eigenvalue weighted by Crippen LogP contribution is 2.27. The summed E-state index contributed by atoms with van der Waals surface area (Å²) >= 11 is 0. The van der Waals surface area contributed by atoms with Gasteiger partial charge >= 0.3 is 0 Å². The van der Waals surface area contributed by atoms with Gasteiger partial charge in [-0.15, -0.1) is 24.0 Å². The zero-order valence-electron chi connectivity index (χ0n) is 15.6. The SMILES string of the molecule is CN=C(NCCOCCS(C)(=O)=O)NCc1ccc(OC)c(OC)c1.I. The van der Waals surface area contributed by atoms with Gasteiger partial charge in [0, 0.05) is 26.4 Å². The lowest BCUT2D eigenvalue weighted by Gasteiger charge is -2.13. The zero-order chi connectivity index (χ0) is 18.7. The highest BCUT2D eigenvalue weighted by Gasteiger charge is 2.05. The van der Waals surface area contributed by atoms with Gasteiger partial charge in [0.05, 0.1) is 33.2 Å². The second kappa shape index (κ2) is 13.0. The lowest BCUT2D eigenvalue weighted by Crippen LogP contribution is -2.38. The van der Waals surface area contributed by atoms with E-state index in [1.807, 2.05) is 18.2 Å². The number of methoxy groups -OCH3 is 2.